The molecule has 0 saturated heterocycles. The number of phenolic OH excluding ortho intramolecular Hbond substituents is 1. The molecule has 1 saturated carbocycles. The van der Waals surface area contributed by atoms with Crippen molar-refractivity contribution in [2.24, 2.45) is 11.7 Å². The predicted octanol–water partition coefficient (Wildman–Crippen LogP) is 2.33. The van der Waals surface area contributed by atoms with E-state index in [0.717, 1.165) is 6.42 Å². The first-order valence-electron chi connectivity index (χ1n) is 4.91. The molecular formula is C11H14FNO. The molecule has 3 N–H and O–H groups in total. The van der Waals surface area contributed by atoms with E-state index < -0.39 is 0 Å². The van der Waals surface area contributed by atoms with Gasteiger partial charge in [-0.2, -0.15) is 0 Å². The van der Waals surface area contributed by atoms with Crippen LogP contribution in [-0.2, 0) is 0 Å². The van der Waals surface area contributed by atoms with Crippen molar-refractivity contribution in [3.8, 4) is 5.75 Å². The van der Waals surface area contributed by atoms with E-state index in [1.165, 1.54) is 31.0 Å². The lowest BCUT2D eigenvalue weighted by Gasteiger charge is -2.12. The lowest BCUT2D eigenvalue weighted by Crippen LogP contribution is -2.11. The van der Waals surface area contributed by atoms with E-state index in [1.54, 1.807) is 0 Å². The minimum absolute atomic E-state index is 0.0968. The van der Waals surface area contributed by atoms with E-state index in [1.807, 2.05) is 0 Å². The molecule has 0 amide bonds. The smallest absolute Gasteiger partial charge is 0.123 e. The Morgan fingerprint density at radius 2 is 2.21 bits per heavy atom. The maximum Gasteiger partial charge on any atom is 0.123 e. The van der Waals surface area contributed by atoms with Gasteiger partial charge in [-0.05, 0) is 30.5 Å². The van der Waals surface area contributed by atoms with Crippen LogP contribution >= 0.6 is 0 Å². The van der Waals surface area contributed by atoms with E-state index in [2.05, 4.69) is 0 Å². The molecule has 0 bridgehead atoms. The minimum atomic E-state index is -0.343. The molecule has 1 aliphatic rings. The Kier molecular flexibility index (Phi) is 2.42. The molecular weight excluding hydrogens is 181 g/mol. The second-order valence-corrected chi connectivity index (χ2v) is 3.99. The van der Waals surface area contributed by atoms with Crippen LogP contribution in [0.2, 0.25) is 0 Å². The van der Waals surface area contributed by atoms with E-state index in [-0.39, 0.29) is 17.6 Å². The van der Waals surface area contributed by atoms with Crippen LogP contribution in [0.15, 0.2) is 18.2 Å². The van der Waals surface area contributed by atoms with Crippen molar-refractivity contribution in [1.82, 2.24) is 0 Å². The first-order chi connectivity index (χ1) is 6.66. The predicted molar refractivity (Wildman–Crippen MR) is 52.3 cm³/mol. The van der Waals surface area contributed by atoms with Gasteiger partial charge in [-0.25, -0.2) is 4.39 Å². The summed E-state index contributed by atoms with van der Waals surface area (Å²) in [7, 11) is 0. The van der Waals surface area contributed by atoms with Crippen LogP contribution in [0.1, 0.15) is 30.9 Å². The molecule has 1 aromatic carbocycles. The molecule has 1 fully saturated rings. The molecule has 3 heteroatoms. The van der Waals surface area contributed by atoms with Gasteiger partial charge >= 0.3 is 0 Å². The highest BCUT2D eigenvalue weighted by atomic mass is 19.1. The summed E-state index contributed by atoms with van der Waals surface area (Å²) in [6, 6.07) is 3.68. The number of hydrogen-bond acceptors (Lipinski definition) is 2. The van der Waals surface area contributed by atoms with Crippen molar-refractivity contribution in [1.29, 1.82) is 0 Å². The number of benzene rings is 1. The topological polar surface area (TPSA) is 46.2 Å². The number of phenols is 1. The van der Waals surface area contributed by atoms with Crippen molar-refractivity contribution in [3.05, 3.63) is 29.6 Å². The zero-order valence-electron chi connectivity index (χ0n) is 7.91. The van der Waals surface area contributed by atoms with Crippen molar-refractivity contribution < 1.29 is 9.50 Å². The second-order valence-electron chi connectivity index (χ2n) is 3.99. The Bertz CT molecular complexity index is 336. The molecule has 0 aliphatic heterocycles. The Morgan fingerprint density at radius 3 is 2.86 bits per heavy atom. The molecule has 0 unspecified atom stereocenters. The molecule has 2 nitrogen and oxygen atoms in total. The molecule has 1 aliphatic carbocycles. The van der Waals surface area contributed by atoms with Crippen LogP contribution in [-0.4, -0.2) is 5.11 Å². The van der Waals surface area contributed by atoms with Gasteiger partial charge in [-0.3, -0.25) is 0 Å². The minimum Gasteiger partial charge on any atom is -0.508 e. The normalized spacial score (nSPS) is 18.1. The maximum atomic E-state index is 12.9. The molecule has 1 atom stereocenters. The quantitative estimate of drug-likeness (QED) is 0.777. The van der Waals surface area contributed by atoms with Gasteiger partial charge < -0.3 is 10.8 Å². The van der Waals surface area contributed by atoms with Crippen LogP contribution in [0.3, 0.4) is 0 Å². The fourth-order valence-electron chi connectivity index (χ4n) is 1.66. The average Bonchev–Trinajstić information content (AvgIpc) is 2.93. The van der Waals surface area contributed by atoms with Crippen molar-refractivity contribution in [3.63, 3.8) is 0 Å². The molecule has 1 aromatic rings. The summed E-state index contributed by atoms with van der Waals surface area (Å²) < 4.78 is 12.9. The molecule has 0 spiro atoms. The fourth-order valence-corrected chi connectivity index (χ4v) is 1.66. The summed E-state index contributed by atoms with van der Waals surface area (Å²) in [5, 5.41) is 9.49. The van der Waals surface area contributed by atoms with E-state index in [4.69, 9.17) is 5.73 Å². The fraction of sp³-hybridized carbons (Fsp3) is 0.455. The summed E-state index contributed by atoms with van der Waals surface area (Å²) in [5.41, 5.74) is 6.40. The summed E-state index contributed by atoms with van der Waals surface area (Å²) in [5.74, 6) is 0.427. The number of rotatable bonds is 3. The maximum absolute atomic E-state index is 12.9. The van der Waals surface area contributed by atoms with Gasteiger partial charge in [-0.1, -0.05) is 12.8 Å². The lowest BCUT2D eigenvalue weighted by atomic mass is 10.0. The monoisotopic (exact) mass is 195 g/mol. The Labute approximate surface area is 82.5 Å². The van der Waals surface area contributed by atoms with Crippen LogP contribution in [0.5, 0.6) is 5.75 Å². The molecule has 0 heterocycles. The van der Waals surface area contributed by atoms with Crippen molar-refractivity contribution >= 4 is 0 Å². The first-order valence-corrected chi connectivity index (χ1v) is 4.91. The Hall–Kier alpha value is -1.09. The third-order valence-electron chi connectivity index (χ3n) is 2.67. The SMILES string of the molecule is N[C@@H](CC1CC1)c1cc(F)ccc1O. The highest BCUT2D eigenvalue weighted by molar-refractivity contribution is 5.35. The van der Waals surface area contributed by atoms with Gasteiger partial charge in [0.05, 0.1) is 0 Å². The number of hydrogen-bond donors (Lipinski definition) is 2. The number of halogens is 1. The summed E-state index contributed by atoms with van der Waals surface area (Å²) in [6.45, 7) is 0. The summed E-state index contributed by atoms with van der Waals surface area (Å²) >= 11 is 0. The highest BCUT2D eigenvalue weighted by Gasteiger charge is 2.25. The standard InChI is InChI=1S/C11H14FNO/c12-8-3-4-11(14)9(6-8)10(13)5-7-1-2-7/h3-4,6-7,10,14H,1-2,5,13H2/t10-/m0/s1. The molecule has 76 valence electrons. The average molecular weight is 195 g/mol. The van der Waals surface area contributed by atoms with E-state index in [0.29, 0.717) is 11.5 Å². The van der Waals surface area contributed by atoms with E-state index in [9.17, 15) is 9.50 Å². The third-order valence-corrected chi connectivity index (χ3v) is 2.67. The summed E-state index contributed by atoms with van der Waals surface area (Å²) in [4.78, 5) is 0. The van der Waals surface area contributed by atoms with Gasteiger partial charge in [0.1, 0.15) is 11.6 Å². The van der Waals surface area contributed by atoms with Gasteiger partial charge in [-0.15, -0.1) is 0 Å². The zero-order chi connectivity index (χ0) is 10.1. The van der Waals surface area contributed by atoms with Gasteiger partial charge in [0.2, 0.25) is 0 Å². The first kappa shape index (κ1) is 9.46. The highest BCUT2D eigenvalue weighted by Crippen LogP contribution is 2.38. The van der Waals surface area contributed by atoms with Crippen LogP contribution in [0.25, 0.3) is 0 Å². The molecule has 0 radical (unpaired) electrons. The van der Waals surface area contributed by atoms with Crippen molar-refractivity contribution in [2.45, 2.75) is 25.3 Å². The third kappa shape index (κ3) is 2.04. The van der Waals surface area contributed by atoms with Gasteiger partial charge in [0, 0.05) is 11.6 Å². The zero-order valence-corrected chi connectivity index (χ0v) is 7.91. The molecule has 0 aromatic heterocycles. The number of aromatic hydroxyl groups is 1. The van der Waals surface area contributed by atoms with E-state index >= 15 is 0 Å². The Morgan fingerprint density at radius 1 is 1.50 bits per heavy atom. The second kappa shape index (κ2) is 3.58. The largest absolute Gasteiger partial charge is 0.508 e. The van der Waals surface area contributed by atoms with Crippen LogP contribution in [0, 0.1) is 11.7 Å². The van der Waals surface area contributed by atoms with Crippen LogP contribution < -0.4 is 5.73 Å². The van der Waals surface area contributed by atoms with Gasteiger partial charge in [0.15, 0.2) is 0 Å². The van der Waals surface area contributed by atoms with Crippen molar-refractivity contribution in [2.75, 3.05) is 0 Å². The molecule has 14 heavy (non-hydrogen) atoms. The lowest BCUT2D eigenvalue weighted by molar-refractivity contribution is 0.452. The molecule has 2 rings (SSSR count). The number of nitrogens with two attached hydrogens (primary N) is 1. The van der Waals surface area contributed by atoms with Crippen LogP contribution in [0.4, 0.5) is 4.39 Å². The summed E-state index contributed by atoms with van der Waals surface area (Å²) in [6.07, 6.45) is 3.27. The Balaban J connectivity index is 2.15. The van der Waals surface area contributed by atoms with Gasteiger partial charge in [0.25, 0.3) is 0 Å².